The van der Waals surface area contributed by atoms with Crippen molar-refractivity contribution in [2.45, 2.75) is 32.7 Å². The number of nitrogens with zero attached hydrogens (tertiary/aromatic N) is 1. The Bertz CT molecular complexity index is 480. The maximum Gasteiger partial charge on any atom is 0.197 e. The highest BCUT2D eigenvalue weighted by atomic mass is 16.3. The van der Waals surface area contributed by atoms with Gasteiger partial charge < -0.3 is 10.2 Å². The zero-order valence-electron chi connectivity index (χ0n) is 9.37. The maximum atomic E-state index is 5.93. The SMILES string of the molecule is Cc1cccc2nc(CC(C)(C)N)oc12. The van der Waals surface area contributed by atoms with E-state index in [-0.39, 0.29) is 5.54 Å². The van der Waals surface area contributed by atoms with Gasteiger partial charge in [-0.15, -0.1) is 0 Å². The van der Waals surface area contributed by atoms with Crippen molar-refractivity contribution in [1.29, 1.82) is 0 Å². The van der Waals surface area contributed by atoms with Gasteiger partial charge in [-0.25, -0.2) is 4.98 Å². The first-order chi connectivity index (χ1) is 6.96. The average Bonchev–Trinajstić information content (AvgIpc) is 2.45. The van der Waals surface area contributed by atoms with Crippen LogP contribution in [0.2, 0.25) is 0 Å². The quantitative estimate of drug-likeness (QED) is 0.817. The summed E-state index contributed by atoms with van der Waals surface area (Å²) in [6, 6.07) is 5.96. The lowest BCUT2D eigenvalue weighted by molar-refractivity contribution is 0.433. The fourth-order valence-corrected chi connectivity index (χ4v) is 1.60. The second-order valence-corrected chi connectivity index (χ2v) is 4.70. The lowest BCUT2D eigenvalue weighted by atomic mass is 10.0. The molecular formula is C12H16N2O. The van der Waals surface area contributed by atoms with E-state index < -0.39 is 0 Å². The lowest BCUT2D eigenvalue weighted by Gasteiger charge is -2.14. The molecule has 0 bridgehead atoms. The number of benzene rings is 1. The van der Waals surface area contributed by atoms with Gasteiger partial charge in [-0.2, -0.15) is 0 Å². The van der Waals surface area contributed by atoms with Crippen LogP contribution in [-0.4, -0.2) is 10.5 Å². The molecule has 3 heteroatoms. The monoisotopic (exact) mass is 204 g/mol. The van der Waals surface area contributed by atoms with Crippen molar-refractivity contribution >= 4 is 11.1 Å². The van der Waals surface area contributed by atoms with Crippen molar-refractivity contribution in [3.05, 3.63) is 29.7 Å². The highest BCUT2D eigenvalue weighted by molar-refractivity contribution is 5.75. The van der Waals surface area contributed by atoms with Gasteiger partial charge in [0.25, 0.3) is 0 Å². The van der Waals surface area contributed by atoms with Crippen LogP contribution >= 0.6 is 0 Å². The first kappa shape index (κ1) is 10.2. The summed E-state index contributed by atoms with van der Waals surface area (Å²) in [5.41, 5.74) is 8.54. The number of para-hydroxylation sites is 1. The van der Waals surface area contributed by atoms with Gasteiger partial charge in [0.05, 0.1) is 0 Å². The number of nitrogens with two attached hydrogens (primary N) is 1. The van der Waals surface area contributed by atoms with Gasteiger partial charge in [-0.05, 0) is 32.4 Å². The molecule has 0 atom stereocenters. The third-order valence-corrected chi connectivity index (χ3v) is 2.26. The Morgan fingerprint density at radius 2 is 2.13 bits per heavy atom. The van der Waals surface area contributed by atoms with Crippen molar-refractivity contribution in [1.82, 2.24) is 4.98 Å². The Morgan fingerprint density at radius 3 is 2.73 bits per heavy atom. The molecule has 0 radical (unpaired) electrons. The highest BCUT2D eigenvalue weighted by Crippen LogP contribution is 2.21. The second kappa shape index (κ2) is 3.35. The number of hydrogen-bond acceptors (Lipinski definition) is 3. The Morgan fingerprint density at radius 1 is 1.40 bits per heavy atom. The lowest BCUT2D eigenvalue weighted by Crippen LogP contribution is -2.34. The first-order valence-corrected chi connectivity index (χ1v) is 5.10. The summed E-state index contributed by atoms with van der Waals surface area (Å²) in [6.45, 7) is 5.95. The Labute approximate surface area is 89.3 Å². The number of hydrogen-bond donors (Lipinski definition) is 1. The zero-order valence-corrected chi connectivity index (χ0v) is 9.37. The van der Waals surface area contributed by atoms with Gasteiger partial charge in [0.2, 0.25) is 0 Å². The van der Waals surface area contributed by atoms with E-state index in [4.69, 9.17) is 10.2 Å². The molecule has 1 heterocycles. The van der Waals surface area contributed by atoms with Gasteiger partial charge in [0.1, 0.15) is 5.52 Å². The fraction of sp³-hybridized carbons (Fsp3) is 0.417. The van der Waals surface area contributed by atoms with Gasteiger partial charge in [0.15, 0.2) is 11.5 Å². The van der Waals surface area contributed by atoms with Crippen LogP contribution in [-0.2, 0) is 6.42 Å². The zero-order chi connectivity index (χ0) is 11.1. The first-order valence-electron chi connectivity index (χ1n) is 5.10. The smallest absolute Gasteiger partial charge is 0.197 e. The molecule has 0 amide bonds. The van der Waals surface area contributed by atoms with E-state index in [0.29, 0.717) is 12.3 Å². The summed E-state index contributed by atoms with van der Waals surface area (Å²) < 4.78 is 5.68. The molecule has 2 aromatic rings. The standard InChI is InChI=1S/C12H16N2O/c1-8-5-4-6-9-11(8)15-10(14-9)7-12(2,3)13/h4-6H,7,13H2,1-3H3. The molecule has 0 aliphatic heterocycles. The maximum absolute atomic E-state index is 5.93. The van der Waals surface area contributed by atoms with Crippen molar-refractivity contribution in [3.8, 4) is 0 Å². The summed E-state index contributed by atoms with van der Waals surface area (Å²) in [6.07, 6.45) is 0.654. The van der Waals surface area contributed by atoms with Gasteiger partial charge in [0, 0.05) is 12.0 Å². The number of aryl methyl sites for hydroxylation is 1. The molecule has 0 saturated heterocycles. The number of fused-ring (bicyclic) bond motifs is 1. The van der Waals surface area contributed by atoms with E-state index in [9.17, 15) is 0 Å². The Balaban J connectivity index is 2.44. The summed E-state index contributed by atoms with van der Waals surface area (Å²) in [5, 5.41) is 0. The van der Waals surface area contributed by atoms with Crippen molar-refractivity contribution in [2.75, 3.05) is 0 Å². The molecule has 1 aromatic heterocycles. The largest absolute Gasteiger partial charge is 0.440 e. The minimum atomic E-state index is -0.283. The average molecular weight is 204 g/mol. The van der Waals surface area contributed by atoms with E-state index in [1.165, 1.54) is 0 Å². The van der Waals surface area contributed by atoms with Gasteiger partial charge in [-0.1, -0.05) is 12.1 Å². The van der Waals surface area contributed by atoms with Gasteiger partial charge in [-0.3, -0.25) is 0 Å². The summed E-state index contributed by atoms with van der Waals surface area (Å²) in [4.78, 5) is 4.41. The summed E-state index contributed by atoms with van der Waals surface area (Å²) >= 11 is 0. The van der Waals surface area contributed by atoms with E-state index in [1.54, 1.807) is 0 Å². The van der Waals surface area contributed by atoms with E-state index in [0.717, 1.165) is 16.7 Å². The van der Waals surface area contributed by atoms with Gasteiger partial charge >= 0.3 is 0 Å². The van der Waals surface area contributed by atoms with E-state index in [1.807, 2.05) is 39.0 Å². The predicted octanol–water partition coefficient (Wildman–Crippen LogP) is 2.42. The topological polar surface area (TPSA) is 52.0 Å². The fourth-order valence-electron chi connectivity index (χ4n) is 1.60. The Kier molecular flexibility index (Phi) is 2.27. The number of oxazole rings is 1. The summed E-state index contributed by atoms with van der Waals surface area (Å²) in [7, 11) is 0. The molecule has 0 spiro atoms. The number of rotatable bonds is 2. The second-order valence-electron chi connectivity index (χ2n) is 4.70. The molecule has 2 rings (SSSR count). The van der Waals surface area contributed by atoms with Crippen LogP contribution in [0, 0.1) is 6.92 Å². The molecule has 80 valence electrons. The number of aromatic nitrogens is 1. The van der Waals surface area contributed by atoms with Crippen LogP contribution in [0.1, 0.15) is 25.3 Å². The van der Waals surface area contributed by atoms with E-state index in [2.05, 4.69) is 4.98 Å². The van der Waals surface area contributed by atoms with Crippen molar-refractivity contribution in [2.24, 2.45) is 5.73 Å². The van der Waals surface area contributed by atoms with Crippen LogP contribution in [0.4, 0.5) is 0 Å². The third-order valence-electron chi connectivity index (χ3n) is 2.26. The van der Waals surface area contributed by atoms with Crippen molar-refractivity contribution < 1.29 is 4.42 Å². The molecule has 0 saturated carbocycles. The van der Waals surface area contributed by atoms with Crippen molar-refractivity contribution in [3.63, 3.8) is 0 Å². The van der Waals surface area contributed by atoms with Crippen LogP contribution < -0.4 is 5.73 Å². The molecule has 0 unspecified atom stereocenters. The third kappa shape index (κ3) is 2.18. The molecule has 3 nitrogen and oxygen atoms in total. The predicted molar refractivity (Wildman–Crippen MR) is 60.7 cm³/mol. The van der Waals surface area contributed by atoms with Crippen LogP contribution in [0.3, 0.4) is 0 Å². The Hall–Kier alpha value is -1.35. The summed E-state index contributed by atoms with van der Waals surface area (Å²) in [5.74, 6) is 0.715. The molecule has 0 fully saturated rings. The van der Waals surface area contributed by atoms with E-state index >= 15 is 0 Å². The van der Waals surface area contributed by atoms with Crippen LogP contribution in [0.5, 0.6) is 0 Å². The molecule has 0 aliphatic rings. The molecule has 1 aromatic carbocycles. The minimum absolute atomic E-state index is 0.283. The minimum Gasteiger partial charge on any atom is -0.440 e. The molecule has 2 N–H and O–H groups in total. The van der Waals surface area contributed by atoms with Crippen LogP contribution in [0.15, 0.2) is 22.6 Å². The molecular weight excluding hydrogens is 188 g/mol. The van der Waals surface area contributed by atoms with Crippen LogP contribution in [0.25, 0.3) is 11.1 Å². The normalized spacial score (nSPS) is 12.3. The highest BCUT2D eigenvalue weighted by Gasteiger charge is 2.16. The molecule has 15 heavy (non-hydrogen) atoms. The molecule has 0 aliphatic carbocycles.